The topological polar surface area (TPSA) is 79.3 Å². The second-order valence-corrected chi connectivity index (χ2v) is 4.61. The van der Waals surface area contributed by atoms with E-state index >= 15 is 0 Å². The smallest absolute Gasteiger partial charge is 0.172 e. The van der Waals surface area contributed by atoms with Crippen LogP contribution in [-0.4, -0.2) is 16.7 Å². The first-order chi connectivity index (χ1) is 8.49. The van der Waals surface area contributed by atoms with Crippen LogP contribution in [0.3, 0.4) is 0 Å². The minimum absolute atomic E-state index is 0.0165. The van der Waals surface area contributed by atoms with Crippen molar-refractivity contribution in [2.45, 2.75) is 6.92 Å². The second kappa shape index (κ2) is 6.38. The Morgan fingerprint density at radius 3 is 2.83 bits per heavy atom. The van der Waals surface area contributed by atoms with Crippen molar-refractivity contribution in [1.82, 2.24) is 0 Å². The summed E-state index contributed by atoms with van der Waals surface area (Å²) in [4.78, 5) is 0.0275. The van der Waals surface area contributed by atoms with E-state index in [1.807, 2.05) is 13.0 Å². The van der Waals surface area contributed by atoms with Gasteiger partial charge < -0.3 is 15.6 Å². The van der Waals surface area contributed by atoms with Crippen LogP contribution in [0, 0.1) is 11.3 Å². The fourth-order valence-electron chi connectivity index (χ4n) is 1.27. The van der Waals surface area contributed by atoms with Gasteiger partial charge in [-0.3, -0.25) is 0 Å². The summed E-state index contributed by atoms with van der Waals surface area (Å²) < 4.78 is 5.75. The molecule has 4 nitrogen and oxygen atoms in total. The van der Waals surface area contributed by atoms with Crippen LogP contribution in [0.4, 0.5) is 0 Å². The molecule has 6 heteroatoms. The van der Waals surface area contributed by atoms with Crippen molar-refractivity contribution in [2.75, 3.05) is 6.61 Å². The molecule has 1 aromatic rings. The number of nitrogens with two attached hydrogens (primary N) is 1. The van der Waals surface area contributed by atoms with Gasteiger partial charge in [-0.15, -0.1) is 0 Å². The Morgan fingerprint density at radius 2 is 2.33 bits per heavy atom. The molecule has 0 aliphatic heterocycles. The quantitative estimate of drug-likeness (QED) is 0.505. The van der Waals surface area contributed by atoms with Gasteiger partial charge in [0.2, 0.25) is 0 Å². The molecule has 1 rings (SSSR count). The SMILES string of the molecule is CCOc1cc(/C=C(\C#N)C(N)=S)cc(Br)c1O. The van der Waals surface area contributed by atoms with Crippen molar-refractivity contribution in [3.05, 3.63) is 27.7 Å². The van der Waals surface area contributed by atoms with Crippen molar-refractivity contribution >= 4 is 39.2 Å². The van der Waals surface area contributed by atoms with Gasteiger partial charge in [-0.05, 0) is 46.6 Å². The first-order valence-electron chi connectivity index (χ1n) is 5.06. The zero-order valence-electron chi connectivity index (χ0n) is 9.61. The van der Waals surface area contributed by atoms with E-state index in [4.69, 9.17) is 28.0 Å². The molecule has 0 radical (unpaired) electrons. The van der Waals surface area contributed by atoms with Gasteiger partial charge in [-0.2, -0.15) is 5.26 Å². The average Bonchev–Trinajstić information content (AvgIpc) is 2.32. The monoisotopic (exact) mass is 326 g/mol. The number of ether oxygens (including phenoxy) is 1. The normalized spacial score (nSPS) is 10.8. The molecule has 3 N–H and O–H groups in total. The van der Waals surface area contributed by atoms with E-state index in [2.05, 4.69) is 15.9 Å². The molecule has 0 saturated heterocycles. The Morgan fingerprint density at radius 1 is 1.67 bits per heavy atom. The number of thiocarbonyl (C=S) groups is 1. The molecule has 0 aromatic heterocycles. The molecule has 0 fully saturated rings. The lowest BCUT2D eigenvalue weighted by Crippen LogP contribution is -2.09. The number of phenols is 1. The molecular weight excluding hydrogens is 316 g/mol. The summed E-state index contributed by atoms with van der Waals surface area (Å²) in [6, 6.07) is 5.17. The van der Waals surface area contributed by atoms with Gasteiger partial charge >= 0.3 is 0 Å². The third-order valence-electron chi connectivity index (χ3n) is 2.05. The van der Waals surface area contributed by atoms with Gasteiger partial charge in [0.25, 0.3) is 0 Å². The Labute approximate surface area is 119 Å². The maximum Gasteiger partial charge on any atom is 0.172 e. The van der Waals surface area contributed by atoms with Crippen LogP contribution in [0.1, 0.15) is 12.5 Å². The zero-order valence-corrected chi connectivity index (χ0v) is 12.0. The number of aromatic hydroxyl groups is 1. The van der Waals surface area contributed by atoms with E-state index in [1.54, 1.807) is 12.1 Å². The van der Waals surface area contributed by atoms with E-state index in [-0.39, 0.29) is 16.3 Å². The van der Waals surface area contributed by atoms with Crippen LogP contribution >= 0.6 is 28.1 Å². The number of nitriles is 1. The van der Waals surface area contributed by atoms with Crippen LogP contribution in [0.2, 0.25) is 0 Å². The van der Waals surface area contributed by atoms with Gasteiger partial charge in [-0.1, -0.05) is 12.2 Å². The highest BCUT2D eigenvalue weighted by Crippen LogP contribution is 2.36. The third kappa shape index (κ3) is 3.45. The van der Waals surface area contributed by atoms with Crippen LogP contribution < -0.4 is 10.5 Å². The number of rotatable bonds is 4. The van der Waals surface area contributed by atoms with E-state index in [1.165, 1.54) is 6.08 Å². The molecule has 0 aliphatic rings. The van der Waals surface area contributed by atoms with Crippen molar-refractivity contribution in [3.63, 3.8) is 0 Å². The summed E-state index contributed by atoms with van der Waals surface area (Å²) in [7, 11) is 0. The van der Waals surface area contributed by atoms with Gasteiger partial charge in [0, 0.05) is 0 Å². The average molecular weight is 327 g/mol. The number of hydrogen-bond acceptors (Lipinski definition) is 4. The Hall–Kier alpha value is -1.58. The van der Waals surface area contributed by atoms with Gasteiger partial charge in [0.05, 0.1) is 16.7 Å². The summed E-state index contributed by atoms with van der Waals surface area (Å²) in [6.45, 7) is 2.24. The first-order valence-corrected chi connectivity index (χ1v) is 6.26. The Bertz CT molecular complexity index is 550. The fourth-order valence-corrected chi connectivity index (χ4v) is 1.83. The summed E-state index contributed by atoms with van der Waals surface area (Å²) in [5.74, 6) is 0.348. The van der Waals surface area contributed by atoms with Crippen LogP contribution in [0.15, 0.2) is 22.2 Å². The standard InChI is InChI=1S/C12H11BrN2O2S/c1-2-17-10-5-7(4-9(13)11(10)16)3-8(6-14)12(15)18/h3-5,16H,2H2,1H3,(H2,15,18)/b8-3+. The highest BCUT2D eigenvalue weighted by atomic mass is 79.9. The first kappa shape index (κ1) is 14.5. The number of nitrogens with zero attached hydrogens (tertiary/aromatic N) is 1. The molecular formula is C12H11BrN2O2S. The molecule has 0 amide bonds. The maximum atomic E-state index is 9.75. The lowest BCUT2D eigenvalue weighted by Gasteiger charge is -2.08. The lowest BCUT2D eigenvalue weighted by molar-refractivity contribution is 0.317. The van der Waals surface area contributed by atoms with E-state index in [0.29, 0.717) is 22.4 Å². The Kier molecular flexibility index (Phi) is 5.13. The second-order valence-electron chi connectivity index (χ2n) is 3.32. The van der Waals surface area contributed by atoms with Crippen molar-refractivity contribution in [2.24, 2.45) is 5.73 Å². The van der Waals surface area contributed by atoms with Crippen molar-refractivity contribution in [1.29, 1.82) is 5.26 Å². The van der Waals surface area contributed by atoms with E-state index in [9.17, 15) is 5.11 Å². The van der Waals surface area contributed by atoms with Crippen molar-refractivity contribution < 1.29 is 9.84 Å². The van der Waals surface area contributed by atoms with Crippen LogP contribution in [0.5, 0.6) is 11.5 Å². The molecule has 0 bridgehead atoms. The number of benzene rings is 1. The zero-order chi connectivity index (χ0) is 13.7. The highest BCUT2D eigenvalue weighted by molar-refractivity contribution is 9.10. The van der Waals surface area contributed by atoms with Gasteiger partial charge in [0.1, 0.15) is 11.1 Å². The lowest BCUT2D eigenvalue weighted by atomic mass is 10.1. The minimum Gasteiger partial charge on any atom is -0.503 e. The molecule has 18 heavy (non-hydrogen) atoms. The van der Waals surface area contributed by atoms with Gasteiger partial charge in [0.15, 0.2) is 11.5 Å². The van der Waals surface area contributed by atoms with Crippen LogP contribution in [-0.2, 0) is 0 Å². The predicted molar refractivity (Wildman–Crippen MR) is 77.4 cm³/mol. The summed E-state index contributed by atoms with van der Waals surface area (Å²) in [5, 5.41) is 18.6. The molecule has 0 aliphatic carbocycles. The largest absolute Gasteiger partial charge is 0.503 e. The molecule has 0 spiro atoms. The summed E-state index contributed by atoms with van der Waals surface area (Å²) in [6.07, 6.45) is 1.54. The van der Waals surface area contributed by atoms with Crippen LogP contribution in [0.25, 0.3) is 6.08 Å². The molecule has 94 valence electrons. The summed E-state index contributed by atoms with van der Waals surface area (Å²) >= 11 is 7.96. The van der Waals surface area contributed by atoms with Gasteiger partial charge in [-0.25, -0.2) is 0 Å². The molecule has 0 saturated carbocycles. The third-order valence-corrected chi connectivity index (χ3v) is 2.87. The fraction of sp³-hybridized carbons (Fsp3) is 0.167. The molecule has 0 unspecified atom stereocenters. The highest BCUT2D eigenvalue weighted by Gasteiger charge is 2.09. The number of hydrogen-bond donors (Lipinski definition) is 2. The maximum absolute atomic E-state index is 9.75. The molecule has 0 heterocycles. The summed E-state index contributed by atoms with van der Waals surface area (Å²) in [5.41, 5.74) is 6.27. The molecule has 0 atom stereocenters. The Balaban J connectivity index is 3.27. The van der Waals surface area contributed by atoms with Crippen molar-refractivity contribution in [3.8, 4) is 17.6 Å². The minimum atomic E-state index is 0.0165. The number of phenolic OH excluding ortho intramolecular Hbond substituents is 1. The van der Waals surface area contributed by atoms with E-state index in [0.717, 1.165) is 0 Å². The number of halogens is 1. The predicted octanol–water partition coefficient (Wildman–Crippen LogP) is 2.75. The molecule has 1 aromatic carbocycles. The van der Waals surface area contributed by atoms with E-state index < -0.39 is 0 Å².